The van der Waals surface area contributed by atoms with Crippen LogP contribution in [0.4, 0.5) is 11.6 Å². The Morgan fingerprint density at radius 3 is 1.91 bits per heavy atom. The molecule has 5 N–H and O–H groups in total. The highest BCUT2D eigenvalue weighted by Crippen LogP contribution is 2.51. The molecular weight excluding hydrogens is 757 g/mol. The van der Waals surface area contributed by atoms with Crippen LogP contribution in [0, 0.1) is 6.92 Å². The van der Waals surface area contributed by atoms with Crippen molar-refractivity contribution in [3.05, 3.63) is 55.1 Å². The summed E-state index contributed by atoms with van der Waals surface area (Å²) in [5.74, 6) is 0.400. The minimum atomic E-state index is -4.79. The van der Waals surface area contributed by atoms with E-state index in [-0.39, 0.29) is 41.8 Å². The van der Waals surface area contributed by atoms with Crippen LogP contribution in [0.2, 0.25) is 0 Å². The smallest absolute Gasteiger partial charge is 0.382 e. The molecule has 6 heterocycles. The number of rotatable bonds is 15. The zero-order valence-corrected chi connectivity index (χ0v) is 32.5. The number of fused-ring (bicyclic) bond motifs is 2. The van der Waals surface area contributed by atoms with Crippen molar-refractivity contribution in [2.45, 2.75) is 101 Å². The van der Waals surface area contributed by atoms with Crippen LogP contribution in [0.5, 0.6) is 0 Å². The van der Waals surface area contributed by atoms with Crippen molar-refractivity contribution in [2.75, 3.05) is 24.7 Å². The van der Waals surface area contributed by atoms with Gasteiger partial charge in [-0.2, -0.15) is 0 Å². The van der Waals surface area contributed by atoms with E-state index in [0.717, 1.165) is 5.56 Å². The van der Waals surface area contributed by atoms with E-state index in [1.54, 1.807) is 27.6 Å². The summed E-state index contributed by atoms with van der Waals surface area (Å²) in [7, 11) is -9.24. The zero-order valence-electron chi connectivity index (χ0n) is 30.8. The van der Waals surface area contributed by atoms with Crippen LogP contribution in [-0.4, -0.2) is 97.3 Å². The molecule has 4 aromatic heterocycles. The average molecular weight is 802 g/mol. The van der Waals surface area contributed by atoms with Gasteiger partial charge >= 0.3 is 7.75 Å². The van der Waals surface area contributed by atoms with Crippen molar-refractivity contribution in [3.63, 3.8) is 0 Å². The maximum Gasteiger partial charge on any atom is 0.419 e. The fraction of sp³-hybridized carbons (Fsp3) is 0.515. The van der Waals surface area contributed by atoms with E-state index < -0.39 is 61.2 Å². The first-order chi connectivity index (χ1) is 26.2. The predicted octanol–water partition coefficient (Wildman–Crippen LogP) is 3.42. The number of ether oxygens (including phenoxy) is 4. The van der Waals surface area contributed by atoms with Crippen LogP contribution in [0.1, 0.15) is 58.6 Å². The third kappa shape index (κ3) is 8.49. The van der Waals surface area contributed by atoms with Gasteiger partial charge in [-0.1, -0.05) is 17.7 Å². The Balaban J connectivity index is 1.18. The number of sulfonamides is 1. The lowest BCUT2D eigenvalue weighted by atomic mass is 10.2. The molecule has 0 bridgehead atoms. The minimum Gasteiger partial charge on any atom is -0.382 e. The Morgan fingerprint density at radius 2 is 1.36 bits per heavy atom. The van der Waals surface area contributed by atoms with E-state index in [1.165, 1.54) is 31.1 Å². The van der Waals surface area contributed by atoms with E-state index in [1.807, 2.05) is 34.6 Å². The van der Waals surface area contributed by atoms with Crippen molar-refractivity contribution >= 4 is 51.7 Å². The second kappa shape index (κ2) is 15.8. The number of hydrogen-bond donors (Lipinski definition) is 3. The number of benzene rings is 1. The highest BCUT2D eigenvalue weighted by Gasteiger charge is 2.46. The molecule has 22 heteroatoms. The van der Waals surface area contributed by atoms with Gasteiger partial charge < -0.3 is 30.4 Å². The molecule has 0 aliphatic carbocycles. The van der Waals surface area contributed by atoms with Gasteiger partial charge in [-0.05, 0) is 46.8 Å². The lowest BCUT2D eigenvalue weighted by Crippen LogP contribution is -2.35. The summed E-state index contributed by atoms with van der Waals surface area (Å²) in [5.41, 5.74) is 14.5. The second-order valence-electron chi connectivity index (χ2n) is 13.8. The molecule has 296 valence electrons. The summed E-state index contributed by atoms with van der Waals surface area (Å²) in [5, 5.41) is 0. The number of nitrogen functional groups attached to an aromatic ring is 2. The van der Waals surface area contributed by atoms with Crippen molar-refractivity contribution in [1.82, 2.24) is 43.5 Å². The molecule has 2 saturated heterocycles. The summed E-state index contributed by atoms with van der Waals surface area (Å²) in [6.45, 7) is 8.90. The highest BCUT2D eigenvalue weighted by atomic mass is 32.2. The Kier molecular flexibility index (Phi) is 11.2. The van der Waals surface area contributed by atoms with E-state index in [2.05, 4.69) is 34.4 Å². The van der Waals surface area contributed by atoms with Crippen LogP contribution in [0.15, 0.2) is 54.5 Å². The molecule has 2 aliphatic rings. The van der Waals surface area contributed by atoms with Crippen molar-refractivity contribution < 1.29 is 41.0 Å². The molecule has 0 saturated carbocycles. The molecule has 55 heavy (non-hydrogen) atoms. The lowest BCUT2D eigenvalue weighted by Gasteiger charge is -2.27. The molecule has 4 unspecified atom stereocenters. The van der Waals surface area contributed by atoms with Gasteiger partial charge in [0.2, 0.25) is 10.0 Å². The second-order valence-corrected chi connectivity index (χ2v) is 17.5. The Morgan fingerprint density at radius 1 is 0.818 bits per heavy atom. The standard InChI is InChI=1S/C33H44N11O9PS/c1-18(2)48-12-24-23(11-27(51-24)44-17-41-29-31(35)37-15-39-33(29)44)53-54(45,42-55(46,47)21-8-6-20(5)7-9-21)49-13-25-22(50-19(3)4)10-26(52-25)43-16-40-28-30(34)36-14-38-32(28)43/h6-9,14-19,22-27H,10-13H2,1-5H3,(H,42,45)(H2,34,36,38)(H2,35,37,39)/t22-,23-,24?,25-,26?,27?,54?/m1/s1. The summed E-state index contributed by atoms with van der Waals surface area (Å²) < 4.78 is 85.3. The van der Waals surface area contributed by atoms with Gasteiger partial charge in [-0.15, -0.1) is 4.49 Å². The molecule has 5 aromatic rings. The van der Waals surface area contributed by atoms with Gasteiger partial charge in [0.05, 0.1) is 49.1 Å². The molecule has 0 spiro atoms. The summed E-state index contributed by atoms with van der Waals surface area (Å²) in [6.07, 6.45) is 1.10. The Labute approximate surface area is 316 Å². The molecule has 7 atom stereocenters. The summed E-state index contributed by atoms with van der Waals surface area (Å²) >= 11 is 0. The zero-order chi connectivity index (χ0) is 39.1. The third-order valence-electron chi connectivity index (χ3n) is 9.04. The minimum absolute atomic E-state index is 0.0257. The fourth-order valence-electron chi connectivity index (χ4n) is 6.44. The quantitative estimate of drug-likeness (QED) is 0.128. The van der Waals surface area contributed by atoms with Gasteiger partial charge in [0.25, 0.3) is 0 Å². The topological polar surface area (TPSA) is 258 Å². The molecule has 7 rings (SSSR count). The van der Waals surface area contributed by atoms with Crippen LogP contribution < -0.4 is 16.0 Å². The Bertz CT molecular complexity index is 2290. The Hall–Kier alpha value is -4.18. The molecule has 0 amide bonds. The first-order valence-corrected chi connectivity index (χ1v) is 20.7. The maximum absolute atomic E-state index is 14.9. The lowest BCUT2D eigenvalue weighted by molar-refractivity contribution is -0.0786. The van der Waals surface area contributed by atoms with Crippen LogP contribution in [-0.2, 0) is 42.6 Å². The number of aryl methyl sites for hydroxylation is 1. The number of hydrogen-bond acceptors (Lipinski definition) is 17. The average Bonchev–Trinajstić information content (AvgIpc) is 3.92. The molecular formula is C33H44N11O9PS. The summed E-state index contributed by atoms with van der Waals surface area (Å²) in [4.78, 5) is 25.2. The van der Waals surface area contributed by atoms with Gasteiger partial charge in [0.1, 0.15) is 54.5 Å². The normalized spacial score (nSPS) is 24.4. The number of nitrogens with one attached hydrogen (secondary N) is 1. The van der Waals surface area contributed by atoms with Crippen molar-refractivity contribution in [2.24, 2.45) is 0 Å². The SMILES string of the molecule is Cc1ccc(S(=O)(=O)NP(=O)(OC[C@H]2OC(n3cnc4c(N)ncnc43)C[C@H]2OC(C)C)O[C@@H]2CC(n3cnc4c(N)ncnc43)OC2COC(C)C)cc1. The monoisotopic (exact) mass is 801 g/mol. The van der Waals surface area contributed by atoms with Gasteiger partial charge in [0.15, 0.2) is 22.9 Å². The van der Waals surface area contributed by atoms with Crippen LogP contribution in [0.25, 0.3) is 22.3 Å². The number of imidazole rings is 2. The number of aromatic nitrogens is 8. The van der Waals surface area contributed by atoms with E-state index in [4.69, 9.17) is 39.5 Å². The van der Waals surface area contributed by atoms with E-state index >= 15 is 0 Å². The van der Waals surface area contributed by atoms with Gasteiger partial charge in [0, 0.05) is 12.8 Å². The first-order valence-electron chi connectivity index (χ1n) is 17.7. The number of nitrogens with two attached hydrogens (primary N) is 2. The molecule has 2 aliphatic heterocycles. The molecule has 1 aromatic carbocycles. The predicted molar refractivity (Wildman–Crippen MR) is 198 cm³/mol. The van der Waals surface area contributed by atoms with Crippen molar-refractivity contribution in [1.29, 1.82) is 0 Å². The van der Waals surface area contributed by atoms with Crippen LogP contribution in [0.3, 0.4) is 0 Å². The molecule has 2 fully saturated rings. The van der Waals surface area contributed by atoms with Gasteiger partial charge in [-0.25, -0.2) is 42.9 Å². The van der Waals surface area contributed by atoms with Crippen LogP contribution >= 0.6 is 7.75 Å². The first kappa shape index (κ1) is 39.1. The van der Waals surface area contributed by atoms with E-state index in [0.29, 0.717) is 28.7 Å². The largest absolute Gasteiger partial charge is 0.419 e. The third-order valence-corrected chi connectivity index (χ3v) is 12.8. The van der Waals surface area contributed by atoms with E-state index in [9.17, 15) is 13.0 Å². The maximum atomic E-state index is 14.9. The molecule has 20 nitrogen and oxygen atoms in total. The highest BCUT2D eigenvalue weighted by molar-refractivity contribution is 7.94. The van der Waals surface area contributed by atoms with Gasteiger partial charge in [-0.3, -0.25) is 18.2 Å². The van der Waals surface area contributed by atoms with Crippen molar-refractivity contribution in [3.8, 4) is 0 Å². The number of anilines is 2. The number of nitrogens with zero attached hydrogens (tertiary/aromatic N) is 8. The summed E-state index contributed by atoms with van der Waals surface area (Å²) in [6, 6.07) is 6.05. The fourth-order valence-corrected chi connectivity index (χ4v) is 9.90. The molecule has 0 radical (unpaired) electrons.